The van der Waals surface area contributed by atoms with Gasteiger partial charge in [0.05, 0.1) is 10.6 Å². The van der Waals surface area contributed by atoms with Crippen molar-refractivity contribution in [2.24, 2.45) is 4.99 Å². The molecule has 4 rings (SSSR count). The first-order valence-electron chi connectivity index (χ1n) is 12.6. The Labute approximate surface area is 222 Å². The molecule has 0 aliphatic carbocycles. The van der Waals surface area contributed by atoms with Crippen LogP contribution in [0.15, 0.2) is 41.4 Å². The lowest BCUT2D eigenvalue weighted by Gasteiger charge is -2.16. The van der Waals surface area contributed by atoms with Crippen LogP contribution < -0.4 is 16.0 Å². The molecular formula is C27H31N5O5S. The molecule has 0 fully saturated rings. The smallest absolute Gasteiger partial charge is 0.326 e. The van der Waals surface area contributed by atoms with Gasteiger partial charge in [0.1, 0.15) is 11.8 Å². The highest BCUT2D eigenvalue weighted by molar-refractivity contribution is 7.85. The number of unbranched alkanes of at least 4 members (excludes halogenated alkanes) is 1. The topological polar surface area (TPSA) is 150 Å². The molecule has 1 atom stereocenters. The maximum Gasteiger partial charge on any atom is 0.326 e. The number of nitrogens with zero attached hydrogens (tertiary/aromatic N) is 2. The summed E-state index contributed by atoms with van der Waals surface area (Å²) in [5.74, 6) is 1.34. The molecule has 0 saturated carbocycles. The van der Waals surface area contributed by atoms with Gasteiger partial charge < -0.3 is 21.1 Å². The number of para-hydroxylation sites is 1. The summed E-state index contributed by atoms with van der Waals surface area (Å²) in [6, 6.07) is 9.73. The molecule has 0 bridgehead atoms. The second-order valence-electron chi connectivity index (χ2n) is 9.20. The number of carboxylic acid groups (broad SMARTS) is 1. The zero-order chi connectivity index (χ0) is 27.1. The molecule has 11 heteroatoms. The van der Waals surface area contributed by atoms with Crippen molar-refractivity contribution in [2.75, 3.05) is 13.1 Å². The predicted octanol–water partition coefficient (Wildman–Crippen LogP) is 1.00. The third-order valence-electron chi connectivity index (χ3n) is 6.46. The molecule has 2 amide bonds. The SMILES string of the molecule is C=S(=O)=C1C(C(=O)NC(CCNC(=O)CCCCc2ccc3c(n2)CCNC3)C(=O)O)=Nc2ccccc21. The molecule has 2 aliphatic rings. The Morgan fingerprint density at radius 3 is 2.76 bits per heavy atom. The van der Waals surface area contributed by atoms with Gasteiger partial charge in [-0.25, -0.2) is 14.0 Å². The van der Waals surface area contributed by atoms with Crippen LogP contribution in [-0.4, -0.2) is 67.7 Å². The number of aromatic nitrogens is 1. The summed E-state index contributed by atoms with van der Waals surface area (Å²) in [7, 11) is -1.74. The first-order chi connectivity index (χ1) is 18.3. The average Bonchev–Trinajstić information content (AvgIpc) is 3.30. The number of nitrogens with one attached hydrogen (secondary N) is 3. The van der Waals surface area contributed by atoms with E-state index in [-0.39, 0.29) is 29.4 Å². The molecule has 200 valence electrons. The van der Waals surface area contributed by atoms with Gasteiger partial charge in [-0.1, -0.05) is 24.3 Å². The van der Waals surface area contributed by atoms with Crippen LogP contribution in [-0.2, 0) is 43.7 Å². The van der Waals surface area contributed by atoms with Crippen LogP contribution in [0, 0.1) is 0 Å². The minimum atomic E-state index is -1.74. The Kier molecular flexibility index (Phi) is 9.03. The number of aliphatic imine (C=N–C) groups is 1. The molecule has 0 saturated heterocycles. The van der Waals surface area contributed by atoms with Crippen molar-refractivity contribution in [3.8, 4) is 0 Å². The van der Waals surface area contributed by atoms with Gasteiger partial charge in [-0.15, -0.1) is 0 Å². The number of fused-ring (bicyclic) bond motifs is 2. The van der Waals surface area contributed by atoms with E-state index in [9.17, 15) is 23.7 Å². The first-order valence-corrected chi connectivity index (χ1v) is 13.9. The van der Waals surface area contributed by atoms with Crippen LogP contribution in [0.2, 0.25) is 0 Å². The zero-order valence-electron chi connectivity index (χ0n) is 21.0. The number of benzene rings is 1. The fraction of sp³-hybridized carbons (Fsp3) is 0.370. The van der Waals surface area contributed by atoms with Crippen LogP contribution in [0.4, 0.5) is 5.69 Å². The third-order valence-corrected chi connectivity index (χ3v) is 7.33. The summed E-state index contributed by atoms with van der Waals surface area (Å²) in [6.45, 7) is 1.88. The Bertz CT molecular complexity index is 1410. The lowest BCUT2D eigenvalue weighted by Crippen LogP contribution is -2.47. The molecule has 0 radical (unpaired) electrons. The number of carbonyl (C=O) groups excluding carboxylic acids is 2. The van der Waals surface area contributed by atoms with Crippen molar-refractivity contribution in [3.05, 3.63) is 58.9 Å². The fourth-order valence-electron chi connectivity index (χ4n) is 4.49. The maximum absolute atomic E-state index is 12.8. The number of carbonyl (C=O) groups is 3. The lowest BCUT2D eigenvalue weighted by molar-refractivity contribution is -0.141. The van der Waals surface area contributed by atoms with Gasteiger partial charge in [0.15, 0.2) is 0 Å². The highest BCUT2D eigenvalue weighted by atomic mass is 32.1. The van der Waals surface area contributed by atoms with E-state index in [1.807, 2.05) is 6.07 Å². The van der Waals surface area contributed by atoms with E-state index in [1.54, 1.807) is 24.3 Å². The Hall–Kier alpha value is -3.83. The van der Waals surface area contributed by atoms with Crippen molar-refractivity contribution in [1.82, 2.24) is 20.9 Å². The maximum atomic E-state index is 12.8. The predicted molar refractivity (Wildman–Crippen MR) is 147 cm³/mol. The summed E-state index contributed by atoms with van der Waals surface area (Å²) < 4.78 is 12.2. The van der Waals surface area contributed by atoms with Gasteiger partial charge in [-0.05, 0) is 49.2 Å². The molecule has 3 heterocycles. The number of aryl methyl sites for hydroxylation is 1. The largest absolute Gasteiger partial charge is 0.480 e. The molecule has 1 aromatic carbocycles. The summed E-state index contributed by atoms with van der Waals surface area (Å²) >= 11 is 0. The molecular weight excluding hydrogens is 506 g/mol. The Morgan fingerprint density at radius 1 is 1.16 bits per heavy atom. The second-order valence-corrected chi connectivity index (χ2v) is 10.3. The van der Waals surface area contributed by atoms with Crippen molar-refractivity contribution in [1.29, 1.82) is 0 Å². The number of pyridine rings is 1. The minimum absolute atomic E-state index is 0.0102. The molecule has 38 heavy (non-hydrogen) atoms. The molecule has 10 nitrogen and oxygen atoms in total. The molecule has 0 spiro atoms. The number of amides is 2. The zero-order valence-corrected chi connectivity index (χ0v) is 21.8. The highest BCUT2D eigenvalue weighted by Gasteiger charge is 2.30. The monoisotopic (exact) mass is 537 g/mol. The van der Waals surface area contributed by atoms with E-state index in [2.05, 4.69) is 32.9 Å². The number of carboxylic acids is 1. The van der Waals surface area contributed by atoms with Crippen LogP contribution in [0.1, 0.15) is 48.2 Å². The quantitative estimate of drug-likeness (QED) is 0.247. The van der Waals surface area contributed by atoms with Gasteiger partial charge in [0, 0.05) is 59.4 Å². The summed E-state index contributed by atoms with van der Waals surface area (Å²) in [5, 5.41) is 18.1. The van der Waals surface area contributed by atoms with Crippen LogP contribution >= 0.6 is 0 Å². The molecule has 2 aromatic rings. The van der Waals surface area contributed by atoms with Crippen LogP contribution in [0.5, 0.6) is 0 Å². The van der Waals surface area contributed by atoms with E-state index in [4.69, 9.17) is 4.98 Å². The standard InChI is InChI=1S/C27H31N5O5S/c1-38(37)25-19-7-3-4-8-21(19)31-24(25)26(34)32-22(27(35)36)13-15-29-23(33)9-5-2-6-18-11-10-17-16-28-14-12-20(17)30-18/h3-4,7-8,10-11,22,28H,1-2,5-6,9,12-16H2,(H,29,33)(H,32,34)(H,35,36). The number of hydrogen-bond acceptors (Lipinski definition) is 7. The number of aliphatic carboxylic acids is 1. The van der Waals surface area contributed by atoms with Gasteiger partial charge in [-0.3, -0.25) is 14.6 Å². The molecule has 4 N–H and O–H groups in total. The lowest BCUT2D eigenvalue weighted by atomic mass is 10.0. The van der Waals surface area contributed by atoms with E-state index in [0.717, 1.165) is 43.7 Å². The molecule has 1 aromatic heterocycles. The molecule has 2 aliphatic heterocycles. The Balaban J connectivity index is 1.21. The molecule has 1 unspecified atom stereocenters. The van der Waals surface area contributed by atoms with Crippen LogP contribution in [0.25, 0.3) is 0 Å². The minimum Gasteiger partial charge on any atom is -0.480 e. The highest BCUT2D eigenvalue weighted by Crippen LogP contribution is 2.26. The van der Waals surface area contributed by atoms with Crippen LogP contribution in [0.3, 0.4) is 0 Å². The van der Waals surface area contributed by atoms with E-state index >= 15 is 0 Å². The number of hydrogen-bond donors (Lipinski definition) is 4. The fourth-order valence-corrected chi connectivity index (χ4v) is 5.26. The second kappa shape index (κ2) is 12.6. The van der Waals surface area contributed by atoms with Crippen molar-refractivity contribution in [3.63, 3.8) is 0 Å². The average molecular weight is 538 g/mol. The van der Waals surface area contributed by atoms with Crippen molar-refractivity contribution >= 4 is 49.9 Å². The van der Waals surface area contributed by atoms with E-state index < -0.39 is 27.9 Å². The van der Waals surface area contributed by atoms with Gasteiger partial charge in [0.2, 0.25) is 5.91 Å². The van der Waals surface area contributed by atoms with E-state index in [0.29, 0.717) is 24.1 Å². The normalized spacial score (nSPS) is 14.6. The van der Waals surface area contributed by atoms with Gasteiger partial charge in [-0.2, -0.15) is 0 Å². The van der Waals surface area contributed by atoms with E-state index in [1.165, 1.54) is 5.56 Å². The van der Waals surface area contributed by atoms with Crippen molar-refractivity contribution < 1.29 is 23.7 Å². The summed E-state index contributed by atoms with van der Waals surface area (Å²) in [5.41, 5.74) is 4.32. The van der Waals surface area contributed by atoms with Crippen molar-refractivity contribution in [2.45, 2.75) is 51.1 Å². The van der Waals surface area contributed by atoms with Gasteiger partial charge >= 0.3 is 5.97 Å². The summed E-state index contributed by atoms with van der Waals surface area (Å²) in [6.07, 6.45) is 3.55. The third kappa shape index (κ3) is 6.73. The number of rotatable bonds is 11. The van der Waals surface area contributed by atoms with Gasteiger partial charge in [0.25, 0.3) is 5.91 Å². The summed E-state index contributed by atoms with van der Waals surface area (Å²) in [4.78, 5) is 45.9. The Morgan fingerprint density at radius 2 is 1.97 bits per heavy atom. The first kappa shape index (κ1) is 27.2.